The minimum atomic E-state index is -0.556. The highest BCUT2D eigenvalue weighted by atomic mass is 16.4. The van der Waals surface area contributed by atoms with Crippen molar-refractivity contribution in [1.82, 2.24) is 10.3 Å². The summed E-state index contributed by atoms with van der Waals surface area (Å²) in [5, 5.41) is 5.24. The maximum absolute atomic E-state index is 12.1. The summed E-state index contributed by atoms with van der Waals surface area (Å²) in [6, 6.07) is 10.3. The smallest absolute Gasteiger partial charge is 0.408 e. The first kappa shape index (κ1) is 16.5. The number of benzene rings is 2. The molecule has 0 fully saturated rings. The van der Waals surface area contributed by atoms with E-state index in [1.54, 1.807) is 30.3 Å². The fourth-order valence-electron chi connectivity index (χ4n) is 2.60. The Morgan fingerprint density at radius 3 is 2.52 bits per heavy atom. The Labute approximate surface area is 143 Å². The Morgan fingerprint density at radius 2 is 1.80 bits per heavy atom. The van der Waals surface area contributed by atoms with E-state index in [9.17, 15) is 14.4 Å². The van der Waals surface area contributed by atoms with Gasteiger partial charge in [-0.1, -0.05) is 17.2 Å². The molecule has 25 heavy (non-hydrogen) atoms. The van der Waals surface area contributed by atoms with E-state index in [4.69, 9.17) is 4.42 Å². The van der Waals surface area contributed by atoms with Crippen LogP contribution >= 0.6 is 0 Å². The van der Waals surface area contributed by atoms with Gasteiger partial charge in [-0.25, -0.2) is 4.79 Å². The average molecular weight is 339 g/mol. The lowest BCUT2D eigenvalue weighted by Gasteiger charge is -2.08. The third-order valence-corrected chi connectivity index (χ3v) is 3.60. The third kappa shape index (κ3) is 3.95. The number of nitrogens with one attached hydrogen (secondary N) is 3. The van der Waals surface area contributed by atoms with E-state index in [2.05, 4.69) is 15.6 Å². The van der Waals surface area contributed by atoms with Gasteiger partial charge in [0.1, 0.15) is 0 Å². The van der Waals surface area contributed by atoms with E-state index in [0.29, 0.717) is 22.4 Å². The zero-order chi connectivity index (χ0) is 18.0. The van der Waals surface area contributed by atoms with Crippen molar-refractivity contribution in [2.24, 2.45) is 0 Å². The molecule has 7 heteroatoms. The largest absolute Gasteiger partial charge is 0.417 e. The fraction of sp³-hybridized carbons (Fsp3) is 0.167. The lowest BCUT2D eigenvalue weighted by molar-refractivity contribution is -0.115. The first-order valence-electron chi connectivity index (χ1n) is 7.70. The van der Waals surface area contributed by atoms with Crippen molar-refractivity contribution in [2.45, 2.75) is 13.8 Å². The lowest BCUT2D eigenvalue weighted by atomic mass is 10.1. The van der Waals surface area contributed by atoms with Crippen molar-refractivity contribution in [1.29, 1.82) is 0 Å². The van der Waals surface area contributed by atoms with Crippen LogP contribution < -0.4 is 16.4 Å². The van der Waals surface area contributed by atoms with Gasteiger partial charge in [-0.3, -0.25) is 14.6 Å². The molecular weight excluding hydrogens is 322 g/mol. The van der Waals surface area contributed by atoms with E-state index in [-0.39, 0.29) is 18.4 Å². The first-order chi connectivity index (χ1) is 11.9. The number of amides is 2. The molecular formula is C18H17N3O4. The number of rotatable bonds is 4. The van der Waals surface area contributed by atoms with E-state index >= 15 is 0 Å². The molecule has 3 N–H and O–H groups in total. The summed E-state index contributed by atoms with van der Waals surface area (Å²) in [4.78, 5) is 37.8. The zero-order valence-electron chi connectivity index (χ0n) is 13.8. The third-order valence-electron chi connectivity index (χ3n) is 3.60. The standard InChI is InChI=1S/C18H17N3O4/c1-10-5-11(2)7-12(6-10)17(23)19-9-16(22)20-13-3-4-15-14(8-13)21-18(24)25-15/h3-8H,9H2,1-2H3,(H,19,23)(H,20,22)(H,21,24). The number of hydrogen-bond donors (Lipinski definition) is 3. The summed E-state index contributed by atoms with van der Waals surface area (Å²) < 4.78 is 4.89. The Hall–Kier alpha value is -3.35. The van der Waals surface area contributed by atoms with Crippen LogP contribution in [-0.2, 0) is 4.79 Å². The molecule has 0 spiro atoms. The number of oxazole rings is 1. The number of aromatic nitrogens is 1. The normalized spacial score (nSPS) is 10.6. The van der Waals surface area contributed by atoms with Gasteiger partial charge >= 0.3 is 5.76 Å². The van der Waals surface area contributed by atoms with Crippen LogP contribution in [0.5, 0.6) is 0 Å². The number of carbonyl (C=O) groups excluding carboxylic acids is 2. The maximum atomic E-state index is 12.1. The SMILES string of the molecule is Cc1cc(C)cc(C(=O)NCC(=O)Nc2ccc3oc(=O)[nH]c3c2)c1. The highest BCUT2D eigenvalue weighted by Crippen LogP contribution is 2.16. The van der Waals surface area contributed by atoms with Gasteiger partial charge in [0.25, 0.3) is 5.91 Å². The van der Waals surface area contributed by atoms with E-state index in [1.807, 2.05) is 19.9 Å². The Morgan fingerprint density at radius 1 is 1.08 bits per heavy atom. The van der Waals surface area contributed by atoms with Gasteiger partial charge in [0.05, 0.1) is 12.1 Å². The second-order valence-electron chi connectivity index (χ2n) is 5.83. The number of carbonyl (C=O) groups is 2. The van der Waals surface area contributed by atoms with Gasteiger partial charge in [0, 0.05) is 11.3 Å². The second kappa shape index (κ2) is 6.64. The van der Waals surface area contributed by atoms with Crippen molar-refractivity contribution in [2.75, 3.05) is 11.9 Å². The number of hydrogen-bond acceptors (Lipinski definition) is 4. The van der Waals surface area contributed by atoms with Gasteiger partial charge in [-0.15, -0.1) is 0 Å². The number of aryl methyl sites for hydroxylation is 2. The van der Waals surface area contributed by atoms with Gasteiger partial charge in [-0.05, 0) is 44.2 Å². The molecule has 0 aliphatic carbocycles. The number of aromatic amines is 1. The monoisotopic (exact) mass is 339 g/mol. The highest BCUT2D eigenvalue weighted by Gasteiger charge is 2.10. The molecule has 3 aromatic rings. The molecule has 7 nitrogen and oxygen atoms in total. The van der Waals surface area contributed by atoms with Crippen LogP contribution in [-0.4, -0.2) is 23.3 Å². The molecule has 1 aromatic heterocycles. The summed E-state index contributed by atoms with van der Waals surface area (Å²) in [7, 11) is 0. The quantitative estimate of drug-likeness (QED) is 0.677. The molecule has 0 bridgehead atoms. The molecule has 0 aliphatic heterocycles. The predicted molar refractivity (Wildman–Crippen MR) is 93.7 cm³/mol. The summed E-state index contributed by atoms with van der Waals surface area (Å²) in [5.74, 6) is -1.24. The molecule has 2 amide bonds. The topological polar surface area (TPSA) is 104 Å². The maximum Gasteiger partial charge on any atom is 0.417 e. The van der Waals surface area contributed by atoms with Gasteiger partial charge in [0.2, 0.25) is 5.91 Å². The number of anilines is 1. The highest BCUT2D eigenvalue weighted by molar-refractivity contribution is 6.00. The second-order valence-corrected chi connectivity index (χ2v) is 5.83. The Bertz CT molecular complexity index is 996. The summed E-state index contributed by atoms with van der Waals surface area (Å²) in [5.41, 5.74) is 3.88. The van der Waals surface area contributed by atoms with Crippen molar-refractivity contribution in [3.05, 3.63) is 63.6 Å². The van der Waals surface area contributed by atoms with Gasteiger partial charge in [0.15, 0.2) is 5.58 Å². The van der Waals surface area contributed by atoms with E-state index in [0.717, 1.165) is 11.1 Å². The number of H-pyrrole nitrogens is 1. The molecule has 0 atom stereocenters. The van der Waals surface area contributed by atoms with E-state index < -0.39 is 5.76 Å². The minimum Gasteiger partial charge on any atom is -0.408 e. The molecule has 2 aromatic carbocycles. The van der Waals surface area contributed by atoms with Crippen LogP contribution in [0.1, 0.15) is 21.5 Å². The average Bonchev–Trinajstić information content (AvgIpc) is 2.91. The Kier molecular flexibility index (Phi) is 4.38. The summed E-state index contributed by atoms with van der Waals surface area (Å²) in [6.07, 6.45) is 0. The van der Waals surface area contributed by atoms with Crippen LogP contribution in [0, 0.1) is 13.8 Å². The predicted octanol–water partition coefficient (Wildman–Crippen LogP) is 2.11. The lowest BCUT2D eigenvalue weighted by Crippen LogP contribution is -2.32. The molecule has 128 valence electrons. The molecule has 1 heterocycles. The van der Waals surface area contributed by atoms with Crippen molar-refractivity contribution in [3.8, 4) is 0 Å². The van der Waals surface area contributed by atoms with Crippen LogP contribution in [0.3, 0.4) is 0 Å². The molecule has 0 saturated heterocycles. The van der Waals surface area contributed by atoms with E-state index in [1.165, 1.54) is 0 Å². The molecule has 0 radical (unpaired) electrons. The van der Waals surface area contributed by atoms with Gasteiger partial charge < -0.3 is 15.1 Å². The van der Waals surface area contributed by atoms with Gasteiger partial charge in [-0.2, -0.15) is 0 Å². The molecule has 3 rings (SSSR count). The van der Waals surface area contributed by atoms with Crippen LogP contribution in [0.15, 0.2) is 45.6 Å². The molecule has 0 aliphatic rings. The minimum absolute atomic E-state index is 0.161. The Balaban J connectivity index is 1.61. The summed E-state index contributed by atoms with van der Waals surface area (Å²) >= 11 is 0. The van der Waals surface area contributed by atoms with Crippen LogP contribution in [0.4, 0.5) is 5.69 Å². The molecule has 0 saturated carbocycles. The van der Waals surface area contributed by atoms with Crippen LogP contribution in [0.25, 0.3) is 11.1 Å². The first-order valence-corrected chi connectivity index (χ1v) is 7.70. The number of fused-ring (bicyclic) bond motifs is 1. The van der Waals surface area contributed by atoms with Crippen molar-refractivity contribution < 1.29 is 14.0 Å². The molecule has 0 unspecified atom stereocenters. The van der Waals surface area contributed by atoms with Crippen molar-refractivity contribution >= 4 is 28.6 Å². The van der Waals surface area contributed by atoms with Crippen molar-refractivity contribution in [3.63, 3.8) is 0 Å². The fourth-order valence-corrected chi connectivity index (χ4v) is 2.60. The summed E-state index contributed by atoms with van der Waals surface area (Å²) in [6.45, 7) is 3.66. The zero-order valence-corrected chi connectivity index (χ0v) is 13.8. The van der Waals surface area contributed by atoms with Crippen LogP contribution in [0.2, 0.25) is 0 Å².